The molecular formula is C36H56N8O5Si2. The smallest absolute Gasteiger partial charge is 0.327 e. The number of imidazole rings is 1. The number of carbonyl (C=O) groups excluding carboxylic acids is 2. The number of urea groups is 1. The third-order valence-electron chi connectivity index (χ3n) is 12.2. The van der Waals surface area contributed by atoms with Crippen molar-refractivity contribution in [3.8, 4) is 0 Å². The van der Waals surface area contributed by atoms with E-state index in [-0.39, 0.29) is 30.1 Å². The number of ether oxygens (including phenoxy) is 1. The van der Waals surface area contributed by atoms with Crippen LogP contribution >= 0.6 is 0 Å². The van der Waals surface area contributed by atoms with Gasteiger partial charge in [-0.25, -0.2) is 19.7 Å². The molecule has 1 aromatic carbocycles. The minimum Gasteiger partial charge on any atom is -0.408 e. The molecule has 0 saturated carbocycles. The summed E-state index contributed by atoms with van der Waals surface area (Å²) in [5.41, 5.74) is 8.27. The number of imide groups is 1. The number of aromatic nitrogens is 4. The summed E-state index contributed by atoms with van der Waals surface area (Å²) in [5.74, 6) is 0.134. The molecular weight excluding hydrogens is 681 g/mol. The van der Waals surface area contributed by atoms with E-state index in [9.17, 15) is 9.59 Å². The molecule has 3 fully saturated rings. The van der Waals surface area contributed by atoms with Gasteiger partial charge in [0.15, 0.2) is 34.3 Å². The number of benzene rings is 1. The van der Waals surface area contributed by atoms with E-state index in [1.165, 1.54) is 11.2 Å². The maximum Gasteiger partial charge on any atom is 0.327 e. The second kappa shape index (κ2) is 15.0. The van der Waals surface area contributed by atoms with Gasteiger partial charge in [-0.2, -0.15) is 0 Å². The van der Waals surface area contributed by atoms with E-state index >= 15 is 0 Å². The molecule has 51 heavy (non-hydrogen) atoms. The van der Waals surface area contributed by atoms with Crippen LogP contribution in [0.4, 0.5) is 10.6 Å². The number of fused-ring (bicyclic) bond motifs is 1. The van der Waals surface area contributed by atoms with Gasteiger partial charge in [0.2, 0.25) is 5.91 Å². The Hall–Kier alpha value is -3.22. The summed E-state index contributed by atoms with van der Waals surface area (Å²) in [7, 11) is -2.58. The van der Waals surface area contributed by atoms with E-state index in [0.29, 0.717) is 30.1 Å². The maximum absolute atomic E-state index is 14.2. The second-order valence-corrected chi connectivity index (χ2v) is 23.9. The summed E-state index contributed by atoms with van der Waals surface area (Å²) >= 11 is 0. The Bertz CT molecular complexity index is 1670. The lowest BCUT2D eigenvalue weighted by Crippen LogP contribution is -2.52. The summed E-state index contributed by atoms with van der Waals surface area (Å²) in [6.07, 6.45) is 1.41. The van der Waals surface area contributed by atoms with Gasteiger partial charge in [0.1, 0.15) is 36.2 Å². The van der Waals surface area contributed by atoms with Crippen molar-refractivity contribution in [3.05, 3.63) is 48.5 Å². The fourth-order valence-corrected chi connectivity index (χ4v) is 13.9. The minimum absolute atomic E-state index is 0.149. The first-order chi connectivity index (χ1) is 24.5. The Balaban J connectivity index is 1.34. The Kier molecular flexibility index (Phi) is 11.1. The van der Waals surface area contributed by atoms with Crippen LogP contribution in [0.25, 0.3) is 11.2 Å². The molecule has 15 heteroatoms. The minimum atomic E-state index is -2.18. The van der Waals surface area contributed by atoms with E-state index in [4.69, 9.17) is 19.3 Å². The number of hydrogen-bond donors (Lipinski definition) is 1. The molecule has 3 saturated heterocycles. The van der Waals surface area contributed by atoms with Crippen molar-refractivity contribution >= 4 is 45.6 Å². The van der Waals surface area contributed by atoms with Gasteiger partial charge in [0, 0.05) is 20.1 Å². The zero-order valence-electron chi connectivity index (χ0n) is 31.5. The molecule has 2 aromatic heterocycles. The Morgan fingerprint density at radius 1 is 0.922 bits per heavy atom. The molecule has 8 atom stereocenters. The van der Waals surface area contributed by atoms with Crippen molar-refractivity contribution in [1.29, 1.82) is 0 Å². The number of nitrogens with zero attached hydrogens (tertiary/aromatic N) is 7. The maximum atomic E-state index is 14.2. The molecule has 3 aromatic rings. The van der Waals surface area contributed by atoms with Gasteiger partial charge in [-0.1, -0.05) is 71.9 Å². The normalized spacial score (nSPS) is 28.3. The summed E-state index contributed by atoms with van der Waals surface area (Å²) < 4.78 is 23.8. The lowest BCUT2D eigenvalue weighted by atomic mass is 10.00. The largest absolute Gasteiger partial charge is 0.408 e. The van der Waals surface area contributed by atoms with Crippen molar-refractivity contribution < 1.29 is 23.2 Å². The molecule has 6 rings (SSSR count). The lowest BCUT2D eigenvalue weighted by molar-refractivity contribution is -0.129. The van der Waals surface area contributed by atoms with Gasteiger partial charge >= 0.3 is 6.03 Å². The topological polar surface area (TPSA) is 141 Å². The van der Waals surface area contributed by atoms with Crippen LogP contribution in [0.5, 0.6) is 0 Å². The molecule has 3 aliphatic rings. The van der Waals surface area contributed by atoms with E-state index in [1.54, 1.807) is 18.3 Å². The Morgan fingerprint density at radius 3 is 2.14 bits per heavy atom. The van der Waals surface area contributed by atoms with Crippen LogP contribution < -0.4 is 5.73 Å². The first-order valence-electron chi connectivity index (χ1n) is 18.8. The number of rotatable bonds is 15. The third kappa shape index (κ3) is 6.76. The lowest BCUT2D eigenvalue weighted by Gasteiger charge is -2.39. The molecule has 13 nitrogen and oxygen atoms in total. The number of nitrogen functional groups attached to an aromatic ring is 1. The van der Waals surface area contributed by atoms with Gasteiger partial charge in [0.05, 0.1) is 18.4 Å². The van der Waals surface area contributed by atoms with Crippen molar-refractivity contribution in [2.24, 2.45) is 0 Å². The molecule has 0 radical (unpaired) electrons. The summed E-state index contributed by atoms with van der Waals surface area (Å²) in [5, 5.41) is 0. The molecule has 5 heterocycles. The predicted molar refractivity (Wildman–Crippen MR) is 202 cm³/mol. The van der Waals surface area contributed by atoms with Crippen molar-refractivity contribution in [2.75, 3.05) is 25.9 Å². The molecule has 0 aliphatic carbocycles. The molecule has 278 valence electrons. The molecule has 0 spiro atoms. The third-order valence-corrected chi connectivity index (χ3v) is 21.5. The van der Waals surface area contributed by atoms with Crippen LogP contribution in [0.3, 0.4) is 0 Å². The molecule has 0 bridgehead atoms. The highest BCUT2D eigenvalue weighted by Gasteiger charge is 2.57. The first-order valence-corrected chi connectivity index (χ1v) is 23.9. The van der Waals surface area contributed by atoms with Crippen LogP contribution in [0.1, 0.15) is 66.3 Å². The molecule has 3 aliphatic heterocycles. The quantitative estimate of drug-likeness (QED) is 0.151. The number of nitrogens with two attached hydrogens (primary N) is 1. The highest BCUT2D eigenvalue weighted by atomic mass is 28.4. The van der Waals surface area contributed by atoms with E-state index in [0.717, 1.165) is 41.8 Å². The Labute approximate surface area is 304 Å². The first kappa shape index (κ1) is 37.5. The molecule has 2 N–H and O–H groups in total. The number of amides is 3. The highest BCUT2D eigenvalue weighted by molar-refractivity contribution is 6.74. The van der Waals surface area contributed by atoms with Crippen molar-refractivity contribution in [1.82, 2.24) is 34.2 Å². The van der Waals surface area contributed by atoms with Crippen LogP contribution in [0, 0.1) is 0 Å². The monoisotopic (exact) mass is 736 g/mol. The second-order valence-electron chi connectivity index (χ2n) is 14.5. The van der Waals surface area contributed by atoms with Crippen molar-refractivity contribution in [3.63, 3.8) is 0 Å². The fourth-order valence-electron chi connectivity index (χ4n) is 8.18. The van der Waals surface area contributed by atoms with Crippen LogP contribution in [-0.2, 0) is 18.4 Å². The number of carbonyl (C=O) groups is 2. The average Bonchev–Trinajstić information content (AvgIpc) is 3.58. The fraction of sp³-hybridized carbons (Fsp3) is 0.639. The molecule has 3 amide bonds. The zero-order valence-corrected chi connectivity index (χ0v) is 33.5. The van der Waals surface area contributed by atoms with Crippen molar-refractivity contribution in [2.45, 2.75) is 127 Å². The van der Waals surface area contributed by atoms with Crippen LogP contribution in [0.15, 0.2) is 43.0 Å². The van der Waals surface area contributed by atoms with Crippen LogP contribution in [0.2, 0.25) is 36.3 Å². The van der Waals surface area contributed by atoms with Gasteiger partial charge in [-0.05, 0) is 48.8 Å². The summed E-state index contributed by atoms with van der Waals surface area (Å²) in [4.78, 5) is 46.3. The number of hydrogen-bond acceptors (Lipinski definition) is 10. The van der Waals surface area contributed by atoms with Gasteiger partial charge in [0.25, 0.3) is 0 Å². The van der Waals surface area contributed by atoms with Gasteiger partial charge in [-0.3, -0.25) is 19.2 Å². The van der Waals surface area contributed by atoms with Gasteiger partial charge < -0.3 is 24.2 Å². The van der Waals surface area contributed by atoms with E-state index < -0.39 is 41.1 Å². The Morgan fingerprint density at radius 2 is 1.53 bits per heavy atom. The average molecular weight is 737 g/mol. The standard InChI is InChI=1S/C36H56N8O5Si2/c1-9-50(10-2,11-3)48-30-27(21-42-20-26(42)34(45)44-29(24(7)41(8)36(44)46)25-18-16-15-17-19-25)47-35(31(30)49-51(12-4,13-5)14-6)43-23-40-28-32(37)38-22-39-33(28)43/h15-19,22-24,26-27,29-31,35H,9-14,20-21H2,1-8H3,(H2,37,38,39)/t24-,26-,27+,29-,30+,31+,35+,42?/m0/s1. The number of likely N-dealkylation sites (N-methyl/N-ethyl adjacent to an activating group) is 1. The van der Waals surface area contributed by atoms with E-state index in [2.05, 4.69) is 61.4 Å². The summed E-state index contributed by atoms with van der Waals surface area (Å²) in [6.45, 7) is 16.4. The van der Waals surface area contributed by atoms with Crippen LogP contribution in [-0.4, -0.2) is 113 Å². The predicted octanol–water partition coefficient (Wildman–Crippen LogP) is 5.79. The van der Waals surface area contributed by atoms with Gasteiger partial charge in [-0.15, -0.1) is 0 Å². The zero-order chi connectivity index (χ0) is 36.7. The summed E-state index contributed by atoms with van der Waals surface area (Å²) in [6, 6.07) is 14.5. The molecule has 1 unspecified atom stereocenters. The SMILES string of the molecule is CC[Si](CC)(CC)O[C@@H]1[C@H](O[Si](CC)(CC)CC)[C@@H](CN2C[C@H]2C(=O)N2C(=O)N(C)[C@@H](C)[C@H]2c2ccccc2)O[C@H]1n1cnc2c(N)ncnc21. The highest BCUT2D eigenvalue weighted by Crippen LogP contribution is 2.43. The van der Waals surface area contributed by atoms with E-state index in [1.807, 2.05) is 41.8 Å². The number of anilines is 1.